The Hall–Kier alpha value is -3.32. The molecule has 1 nitrogen and oxygen atoms in total. The number of hydrogen-bond donors (Lipinski definition) is 0. The van der Waals surface area contributed by atoms with Crippen molar-refractivity contribution in [3.8, 4) is 0 Å². The third kappa shape index (κ3) is 2.61. The van der Waals surface area contributed by atoms with Gasteiger partial charge in [0.15, 0.2) is 0 Å². The summed E-state index contributed by atoms with van der Waals surface area (Å²) >= 11 is 0. The van der Waals surface area contributed by atoms with Gasteiger partial charge in [-0.3, -0.25) is 0 Å². The molecule has 29 heavy (non-hydrogen) atoms. The average Bonchev–Trinajstić information content (AvgIpc) is 3.05. The molecule has 1 aliphatic rings. The highest BCUT2D eigenvalue weighted by molar-refractivity contribution is 6.28. The predicted octanol–water partition coefficient (Wildman–Crippen LogP) is 7.74. The van der Waals surface area contributed by atoms with Gasteiger partial charge in [0.2, 0.25) is 0 Å². The molecule has 1 heterocycles. The summed E-state index contributed by atoms with van der Waals surface area (Å²) in [5.41, 5.74) is 7.71. The van der Waals surface area contributed by atoms with Crippen LogP contribution in [-0.2, 0) is 6.42 Å². The number of aromatic nitrogens is 1. The highest BCUT2D eigenvalue weighted by atomic mass is 15.0. The molecule has 0 saturated heterocycles. The molecule has 0 saturated carbocycles. The molecule has 0 radical (unpaired) electrons. The second-order valence-corrected chi connectivity index (χ2v) is 8.00. The molecule has 0 atom stereocenters. The Labute approximate surface area is 172 Å². The standard InChI is InChI=1S/C28H25N/c1-5-7-11-22(6-2)29-13-12-23-24-16-18(3)14-20-9-8-10-21-15-19(4)17-25(28(23)29)27(21)26(20)24/h5-9,11-17H,2,10H2,1,3-4H3/b7-5-,22-11+. The van der Waals surface area contributed by atoms with Crippen molar-refractivity contribution in [1.29, 1.82) is 0 Å². The summed E-state index contributed by atoms with van der Waals surface area (Å²) in [6.07, 6.45) is 15.9. The van der Waals surface area contributed by atoms with Crippen LogP contribution in [0.25, 0.3) is 44.2 Å². The highest BCUT2D eigenvalue weighted by Gasteiger charge is 2.19. The zero-order valence-electron chi connectivity index (χ0n) is 17.3. The van der Waals surface area contributed by atoms with Gasteiger partial charge in [0.1, 0.15) is 0 Å². The van der Waals surface area contributed by atoms with E-state index in [9.17, 15) is 0 Å². The van der Waals surface area contributed by atoms with Crippen LogP contribution in [0.1, 0.15) is 29.2 Å². The van der Waals surface area contributed by atoms with E-state index in [1.807, 2.05) is 13.0 Å². The fraction of sp³-hybridized carbons (Fsp3) is 0.143. The van der Waals surface area contributed by atoms with E-state index in [0.29, 0.717) is 0 Å². The second kappa shape index (κ2) is 6.63. The van der Waals surface area contributed by atoms with Crippen LogP contribution < -0.4 is 0 Å². The first-order chi connectivity index (χ1) is 14.1. The third-order valence-corrected chi connectivity index (χ3v) is 5.94. The summed E-state index contributed by atoms with van der Waals surface area (Å²) in [6, 6.07) is 11.6. The van der Waals surface area contributed by atoms with Crippen LogP contribution in [0.15, 0.2) is 73.5 Å². The molecular formula is C28H25N. The van der Waals surface area contributed by atoms with Gasteiger partial charge in [-0.15, -0.1) is 0 Å². The molecule has 4 aromatic rings. The van der Waals surface area contributed by atoms with E-state index in [1.54, 1.807) is 0 Å². The Morgan fingerprint density at radius 3 is 2.59 bits per heavy atom. The second-order valence-electron chi connectivity index (χ2n) is 8.00. The van der Waals surface area contributed by atoms with Gasteiger partial charge in [-0.2, -0.15) is 0 Å². The van der Waals surface area contributed by atoms with Crippen molar-refractivity contribution < 1.29 is 0 Å². The monoisotopic (exact) mass is 375 g/mol. The van der Waals surface area contributed by atoms with E-state index in [2.05, 4.69) is 91.9 Å². The Kier molecular flexibility index (Phi) is 4.06. The SMILES string of the molecule is C=C/C(=C\C=C/C)n1ccc2c3cc(C)cc4c3c3c(cc(C)cc3c21)CC=C4. The van der Waals surface area contributed by atoms with Gasteiger partial charge in [-0.25, -0.2) is 0 Å². The minimum atomic E-state index is 0.968. The Balaban J connectivity index is 2.08. The van der Waals surface area contributed by atoms with Gasteiger partial charge in [0, 0.05) is 22.7 Å². The van der Waals surface area contributed by atoms with Gasteiger partial charge in [-0.1, -0.05) is 54.6 Å². The van der Waals surface area contributed by atoms with Crippen LogP contribution in [0.5, 0.6) is 0 Å². The Morgan fingerprint density at radius 1 is 1.00 bits per heavy atom. The van der Waals surface area contributed by atoms with Gasteiger partial charge in [-0.05, 0) is 84.3 Å². The quantitative estimate of drug-likeness (QED) is 0.255. The predicted molar refractivity (Wildman–Crippen MR) is 128 cm³/mol. The lowest BCUT2D eigenvalue weighted by Gasteiger charge is -2.16. The minimum Gasteiger partial charge on any atom is -0.316 e. The summed E-state index contributed by atoms with van der Waals surface area (Å²) in [5.74, 6) is 0. The van der Waals surface area contributed by atoms with Crippen LogP contribution in [0.3, 0.4) is 0 Å². The lowest BCUT2D eigenvalue weighted by atomic mass is 9.90. The summed E-state index contributed by atoms with van der Waals surface area (Å²) < 4.78 is 2.29. The van der Waals surface area contributed by atoms with Gasteiger partial charge in [0.25, 0.3) is 0 Å². The van der Waals surface area contributed by atoms with E-state index in [0.717, 1.165) is 12.1 Å². The molecule has 0 amide bonds. The van der Waals surface area contributed by atoms with Gasteiger partial charge < -0.3 is 4.57 Å². The molecule has 3 aromatic carbocycles. The van der Waals surface area contributed by atoms with Crippen molar-refractivity contribution in [1.82, 2.24) is 4.57 Å². The van der Waals surface area contributed by atoms with E-state index in [1.165, 1.54) is 54.7 Å². The van der Waals surface area contributed by atoms with Crippen LogP contribution in [0.4, 0.5) is 0 Å². The van der Waals surface area contributed by atoms with E-state index in [4.69, 9.17) is 0 Å². The lowest BCUT2D eigenvalue weighted by Crippen LogP contribution is -1.96. The normalized spacial score (nSPS) is 14.0. The minimum absolute atomic E-state index is 0.968. The zero-order chi connectivity index (χ0) is 20.1. The summed E-state index contributed by atoms with van der Waals surface area (Å²) in [6.45, 7) is 10.5. The maximum atomic E-state index is 4.08. The number of allylic oxidation sites excluding steroid dienone is 6. The molecule has 0 N–H and O–H groups in total. The molecule has 1 aliphatic carbocycles. The van der Waals surface area contributed by atoms with Crippen molar-refractivity contribution in [2.75, 3.05) is 0 Å². The average molecular weight is 376 g/mol. The Bertz CT molecular complexity index is 1400. The lowest BCUT2D eigenvalue weighted by molar-refractivity contribution is 1.19. The maximum absolute atomic E-state index is 4.08. The number of hydrogen-bond acceptors (Lipinski definition) is 0. The molecule has 0 unspecified atom stereocenters. The fourth-order valence-electron chi connectivity index (χ4n) is 4.84. The smallest absolute Gasteiger partial charge is 0.0613 e. The molecule has 0 aliphatic heterocycles. The van der Waals surface area contributed by atoms with Crippen molar-refractivity contribution in [3.05, 3.63) is 95.7 Å². The van der Waals surface area contributed by atoms with Crippen molar-refractivity contribution >= 4 is 44.2 Å². The molecule has 5 rings (SSSR count). The number of benzene rings is 3. The first kappa shape index (κ1) is 17.8. The van der Waals surface area contributed by atoms with Crippen molar-refractivity contribution in [2.45, 2.75) is 27.2 Å². The molecule has 1 aromatic heterocycles. The number of fused-ring (bicyclic) bond motifs is 3. The van der Waals surface area contributed by atoms with Crippen molar-refractivity contribution in [2.24, 2.45) is 0 Å². The summed E-state index contributed by atoms with van der Waals surface area (Å²) in [5, 5.41) is 6.75. The van der Waals surface area contributed by atoms with Gasteiger partial charge >= 0.3 is 0 Å². The van der Waals surface area contributed by atoms with E-state index >= 15 is 0 Å². The van der Waals surface area contributed by atoms with E-state index in [-0.39, 0.29) is 0 Å². The molecule has 0 bridgehead atoms. The van der Waals surface area contributed by atoms with Crippen molar-refractivity contribution in [3.63, 3.8) is 0 Å². The highest BCUT2D eigenvalue weighted by Crippen LogP contribution is 2.42. The first-order valence-corrected chi connectivity index (χ1v) is 10.3. The molecule has 1 heteroatoms. The number of nitrogens with zero attached hydrogens (tertiary/aromatic N) is 1. The molecule has 0 spiro atoms. The summed E-state index contributed by atoms with van der Waals surface area (Å²) in [7, 11) is 0. The number of rotatable bonds is 3. The van der Waals surface area contributed by atoms with Gasteiger partial charge in [0.05, 0.1) is 5.52 Å². The summed E-state index contributed by atoms with van der Waals surface area (Å²) in [4.78, 5) is 0. The van der Waals surface area contributed by atoms with Crippen LogP contribution in [-0.4, -0.2) is 4.57 Å². The van der Waals surface area contributed by atoms with Crippen LogP contribution >= 0.6 is 0 Å². The Morgan fingerprint density at radius 2 is 1.79 bits per heavy atom. The number of aryl methyl sites for hydroxylation is 2. The van der Waals surface area contributed by atoms with E-state index < -0.39 is 0 Å². The zero-order valence-corrected chi connectivity index (χ0v) is 17.3. The van der Waals surface area contributed by atoms with Crippen LogP contribution in [0, 0.1) is 13.8 Å². The maximum Gasteiger partial charge on any atom is 0.0613 e. The largest absolute Gasteiger partial charge is 0.316 e. The molecular weight excluding hydrogens is 350 g/mol. The molecule has 0 fully saturated rings. The fourth-order valence-corrected chi connectivity index (χ4v) is 4.84. The third-order valence-electron chi connectivity index (χ3n) is 5.94. The topological polar surface area (TPSA) is 4.93 Å². The molecule has 142 valence electrons. The van der Waals surface area contributed by atoms with Crippen LogP contribution in [0.2, 0.25) is 0 Å². The first-order valence-electron chi connectivity index (χ1n) is 10.3.